The molecule has 0 aliphatic carbocycles. The molecular formula is C17H9ClN2O2. The van der Waals surface area contributed by atoms with E-state index in [9.17, 15) is 4.79 Å². The summed E-state index contributed by atoms with van der Waals surface area (Å²) < 4.78 is 5.32. The summed E-state index contributed by atoms with van der Waals surface area (Å²) >= 11 is 5.77. The molecule has 0 heterocycles. The number of rotatable bonds is 3. The van der Waals surface area contributed by atoms with Crippen LogP contribution in [0.2, 0.25) is 5.02 Å². The summed E-state index contributed by atoms with van der Waals surface area (Å²) in [6, 6.07) is 16.5. The van der Waals surface area contributed by atoms with Crippen LogP contribution in [0.4, 0.5) is 0 Å². The Morgan fingerprint density at radius 2 is 1.68 bits per heavy atom. The summed E-state index contributed by atoms with van der Waals surface area (Å²) in [7, 11) is 0. The molecule has 0 N–H and O–H groups in total. The van der Waals surface area contributed by atoms with Gasteiger partial charge in [0.1, 0.15) is 23.5 Å². The zero-order valence-corrected chi connectivity index (χ0v) is 12.0. The Morgan fingerprint density at radius 3 is 2.32 bits per heavy atom. The maximum atomic E-state index is 12.1. The molecule has 0 aromatic heterocycles. The lowest BCUT2D eigenvalue weighted by Crippen LogP contribution is -2.09. The Balaban J connectivity index is 2.29. The maximum Gasteiger partial charge on any atom is 0.343 e. The normalized spacial score (nSPS) is 9.23. The summed E-state index contributed by atoms with van der Waals surface area (Å²) in [5.41, 5.74) is 0.752. The van der Waals surface area contributed by atoms with Crippen LogP contribution in [0.15, 0.2) is 54.1 Å². The average molecular weight is 309 g/mol. The summed E-state index contributed by atoms with van der Waals surface area (Å²) in [4.78, 5) is 12.1. The second kappa shape index (κ2) is 7.08. The molecule has 22 heavy (non-hydrogen) atoms. The van der Waals surface area contributed by atoms with Gasteiger partial charge in [-0.1, -0.05) is 29.8 Å². The number of benzene rings is 2. The predicted molar refractivity (Wildman–Crippen MR) is 82.1 cm³/mol. The van der Waals surface area contributed by atoms with Gasteiger partial charge in [0, 0.05) is 10.6 Å². The topological polar surface area (TPSA) is 73.9 Å². The molecule has 2 aromatic rings. The van der Waals surface area contributed by atoms with Crippen molar-refractivity contribution in [2.75, 3.05) is 0 Å². The van der Waals surface area contributed by atoms with Crippen LogP contribution in [0.5, 0.6) is 5.75 Å². The lowest BCUT2D eigenvalue weighted by molar-refractivity contribution is 0.0734. The quantitative estimate of drug-likeness (QED) is 0.488. The molecule has 0 fully saturated rings. The molecule has 5 heteroatoms. The molecular weight excluding hydrogens is 300 g/mol. The van der Waals surface area contributed by atoms with Gasteiger partial charge < -0.3 is 4.74 Å². The minimum absolute atomic E-state index is 0.0741. The van der Waals surface area contributed by atoms with Crippen LogP contribution < -0.4 is 4.74 Å². The first-order chi connectivity index (χ1) is 10.6. The molecule has 0 amide bonds. The van der Waals surface area contributed by atoms with Crippen LogP contribution in [-0.2, 0) is 0 Å². The highest BCUT2D eigenvalue weighted by Crippen LogP contribution is 2.22. The lowest BCUT2D eigenvalue weighted by Gasteiger charge is -2.07. The monoisotopic (exact) mass is 308 g/mol. The number of halogens is 1. The van der Waals surface area contributed by atoms with Crippen molar-refractivity contribution in [1.82, 2.24) is 0 Å². The summed E-state index contributed by atoms with van der Waals surface area (Å²) in [5, 5.41) is 18.1. The van der Waals surface area contributed by atoms with Crippen molar-refractivity contribution >= 4 is 23.6 Å². The van der Waals surface area contributed by atoms with E-state index >= 15 is 0 Å². The number of allylic oxidation sites excluding steroid dienone is 1. The third-order valence-corrected chi connectivity index (χ3v) is 2.99. The number of carbonyl (C=O) groups is 1. The molecule has 0 aliphatic heterocycles. The molecule has 0 bridgehead atoms. The number of nitriles is 2. The molecule has 0 aliphatic rings. The highest BCUT2D eigenvalue weighted by Gasteiger charge is 2.11. The molecule has 0 radical (unpaired) electrons. The molecule has 106 valence electrons. The van der Waals surface area contributed by atoms with Crippen LogP contribution in [0.25, 0.3) is 6.08 Å². The Labute approximate surface area is 132 Å². The van der Waals surface area contributed by atoms with Crippen LogP contribution in [0, 0.1) is 22.7 Å². The van der Waals surface area contributed by atoms with Crippen molar-refractivity contribution in [1.29, 1.82) is 10.5 Å². The molecule has 2 rings (SSSR count). The highest BCUT2D eigenvalue weighted by molar-refractivity contribution is 6.30. The minimum Gasteiger partial charge on any atom is -0.422 e. The van der Waals surface area contributed by atoms with Crippen molar-refractivity contribution in [2.45, 2.75) is 0 Å². The molecule has 0 atom stereocenters. The Hall–Kier alpha value is -3.08. The number of hydrogen-bond donors (Lipinski definition) is 0. The number of ether oxygens (including phenoxy) is 1. The van der Waals surface area contributed by atoms with Crippen LogP contribution in [0.1, 0.15) is 15.9 Å². The molecule has 2 aromatic carbocycles. The van der Waals surface area contributed by atoms with Gasteiger partial charge in [-0.05, 0) is 36.4 Å². The van der Waals surface area contributed by atoms with E-state index in [0.717, 1.165) is 0 Å². The second-order valence-electron chi connectivity index (χ2n) is 4.22. The van der Waals surface area contributed by atoms with Crippen molar-refractivity contribution in [2.24, 2.45) is 0 Å². The van der Waals surface area contributed by atoms with E-state index in [4.69, 9.17) is 26.9 Å². The van der Waals surface area contributed by atoms with Crippen molar-refractivity contribution in [3.05, 3.63) is 70.3 Å². The van der Waals surface area contributed by atoms with Gasteiger partial charge >= 0.3 is 5.97 Å². The van der Waals surface area contributed by atoms with Crippen LogP contribution >= 0.6 is 11.6 Å². The number of carbonyl (C=O) groups excluding carboxylic acids is 1. The third-order valence-electron chi connectivity index (χ3n) is 2.74. The fourth-order valence-corrected chi connectivity index (χ4v) is 1.81. The molecule has 0 saturated carbocycles. The van der Waals surface area contributed by atoms with Gasteiger partial charge in [-0.25, -0.2) is 4.79 Å². The van der Waals surface area contributed by atoms with Gasteiger partial charge in [0.2, 0.25) is 0 Å². The first-order valence-corrected chi connectivity index (χ1v) is 6.60. The summed E-state index contributed by atoms with van der Waals surface area (Å²) in [6.45, 7) is 0. The first kappa shape index (κ1) is 15.3. The largest absolute Gasteiger partial charge is 0.422 e. The number of hydrogen-bond acceptors (Lipinski definition) is 4. The molecule has 0 spiro atoms. The standard InChI is InChI=1S/C17H9ClN2O2/c18-15-7-5-13(6-8-15)17(21)22-16-4-2-1-3-14(16)9-12(10-19)11-20/h1-9H. The smallest absolute Gasteiger partial charge is 0.343 e. The van der Waals surface area contributed by atoms with Gasteiger partial charge in [-0.15, -0.1) is 0 Å². The van der Waals surface area contributed by atoms with E-state index in [-0.39, 0.29) is 11.3 Å². The Bertz CT molecular complexity index is 796. The summed E-state index contributed by atoms with van der Waals surface area (Å²) in [5.74, 6) is -0.279. The maximum absolute atomic E-state index is 12.1. The van der Waals surface area contributed by atoms with E-state index in [2.05, 4.69) is 0 Å². The van der Waals surface area contributed by atoms with Gasteiger partial charge in [-0.3, -0.25) is 0 Å². The Kier molecular flexibility index (Phi) is 4.93. The number of nitrogens with zero attached hydrogens (tertiary/aromatic N) is 2. The van der Waals surface area contributed by atoms with Gasteiger partial charge in [-0.2, -0.15) is 10.5 Å². The van der Waals surface area contributed by atoms with E-state index in [1.54, 1.807) is 60.7 Å². The predicted octanol–water partition coefficient (Wildman–Crippen LogP) is 3.99. The lowest BCUT2D eigenvalue weighted by atomic mass is 10.1. The van der Waals surface area contributed by atoms with Crippen LogP contribution in [-0.4, -0.2) is 5.97 Å². The summed E-state index contributed by atoms with van der Waals surface area (Å²) in [6.07, 6.45) is 1.37. The fraction of sp³-hybridized carbons (Fsp3) is 0. The van der Waals surface area contributed by atoms with Crippen molar-refractivity contribution in [3.8, 4) is 17.9 Å². The van der Waals surface area contributed by atoms with E-state index < -0.39 is 5.97 Å². The minimum atomic E-state index is -0.548. The van der Waals surface area contributed by atoms with E-state index in [0.29, 0.717) is 16.1 Å². The van der Waals surface area contributed by atoms with Gasteiger partial charge in [0.15, 0.2) is 0 Å². The zero-order valence-electron chi connectivity index (χ0n) is 11.3. The van der Waals surface area contributed by atoms with Crippen molar-refractivity contribution in [3.63, 3.8) is 0 Å². The molecule has 4 nitrogen and oxygen atoms in total. The van der Waals surface area contributed by atoms with E-state index in [1.807, 2.05) is 0 Å². The molecule has 0 unspecified atom stereocenters. The molecule has 0 saturated heterocycles. The van der Waals surface area contributed by atoms with E-state index in [1.165, 1.54) is 6.08 Å². The number of esters is 1. The fourth-order valence-electron chi connectivity index (χ4n) is 1.68. The third kappa shape index (κ3) is 3.73. The van der Waals surface area contributed by atoms with Gasteiger partial charge in [0.25, 0.3) is 0 Å². The SMILES string of the molecule is N#CC(C#N)=Cc1ccccc1OC(=O)c1ccc(Cl)cc1. The van der Waals surface area contributed by atoms with Crippen LogP contribution in [0.3, 0.4) is 0 Å². The highest BCUT2D eigenvalue weighted by atomic mass is 35.5. The first-order valence-electron chi connectivity index (χ1n) is 6.22. The second-order valence-corrected chi connectivity index (χ2v) is 4.65. The zero-order chi connectivity index (χ0) is 15.9. The number of para-hydroxylation sites is 1. The Morgan fingerprint density at radius 1 is 1.05 bits per heavy atom. The van der Waals surface area contributed by atoms with Crippen molar-refractivity contribution < 1.29 is 9.53 Å². The average Bonchev–Trinajstić information content (AvgIpc) is 2.54. The van der Waals surface area contributed by atoms with Gasteiger partial charge in [0.05, 0.1) is 5.56 Å².